The number of methoxy groups -OCH3 is 1. The summed E-state index contributed by atoms with van der Waals surface area (Å²) < 4.78 is 23.6. The Balaban J connectivity index is 2.26. The molecule has 1 unspecified atom stereocenters. The highest BCUT2D eigenvalue weighted by Gasteiger charge is 2.32. The summed E-state index contributed by atoms with van der Waals surface area (Å²) in [5, 5.41) is 2.83. The van der Waals surface area contributed by atoms with Gasteiger partial charge in [0.2, 0.25) is 0 Å². The zero-order valence-corrected chi connectivity index (χ0v) is 9.75. The van der Waals surface area contributed by atoms with Gasteiger partial charge in [-0.05, 0) is 19.1 Å². The van der Waals surface area contributed by atoms with Crippen molar-refractivity contribution in [3.63, 3.8) is 0 Å². The number of anilines is 1. The Hall–Kier alpha value is -1.78. The van der Waals surface area contributed by atoms with Crippen molar-refractivity contribution in [2.24, 2.45) is 0 Å². The maximum Gasteiger partial charge on any atom is 0.328 e. The van der Waals surface area contributed by atoms with Crippen LogP contribution in [0, 0.1) is 5.82 Å². The van der Waals surface area contributed by atoms with Crippen molar-refractivity contribution in [1.82, 2.24) is 0 Å². The molecule has 1 heterocycles. The Labute approximate surface area is 98.7 Å². The molecule has 1 atom stereocenters. The summed E-state index contributed by atoms with van der Waals surface area (Å²) in [4.78, 5) is 11.6. The van der Waals surface area contributed by atoms with Crippen LogP contribution in [0.5, 0.6) is 5.75 Å². The summed E-state index contributed by atoms with van der Waals surface area (Å²) in [7, 11) is 1.52. The summed E-state index contributed by atoms with van der Waals surface area (Å²) in [6.45, 7) is 2.05. The normalized spacial score (nSPS) is 17.2. The van der Waals surface area contributed by atoms with Crippen molar-refractivity contribution in [2.45, 2.75) is 19.4 Å². The standard InChI is InChI=1S/C12H14FNO3/c1-3-17-12(15)9-6-7-10(16-2)5-4-8(13)11(7)14-9/h4-5,9,14H,3,6H2,1-2H3. The molecule has 17 heavy (non-hydrogen) atoms. The van der Waals surface area contributed by atoms with E-state index in [1.165, 1.54) is 13.2 Å². The fourth-order valence-corrected chi connectivity index (χ4v) is 1.96. The third-order valence-electron chi connectivity index (χ3n) is 2.74. The molecule has 1 N–H and O–H groups in total. The van der Waals surface area contributed by atoms with E-state index in [1.54, 1.807) is 13.0 Å². The van der Waals surface area contributed by atoms with E-state index >= 15 is 0 Å². The first-order valence-corrected chi connectivity index (χ1v) is 5.46. The first kappa shape index (κ1) is 11.7. The Bertz CT molecular complexity index is 448. The minimum absolute atomic E-state index is 0.312. The van der Waals surface area contributed by atoms with Gasteiger partial charge in [0.05, 0.1) is 19.4 Å². The molecular weight excluding hydrogens is 225 g/mol. The second kappa shape index (κ2) is 4.61. The second-order valence-electron chi connectivity index (χ2n) is 3.76. The Morgan fingerprint density at radius 2 is 2.35 bits per heavy atom. The lowest BCUT2D eigenvalue weighted by Gasteiger charge is -2.09. The number of nitrogens with one attached hydrogen (secondary N) is 1. The van der Waals surface area contributed by atoms with Crippen molar-refractivity contribution in [2.75, 3.05) is 19.0 Å². The van der Waals surface area contributed by atoms with Gasteiger partial charge in [-0.1, -0.05) is 0 Å². The minimum Gasteiger partial charge on any atom is -0.496 e. The van der Waals surface area contributed by atoms with Crippen LogP contribution in [-0.2, 0) is 16.0 Å². The van der Waals surface area contributed by atoms with Gasteiger partial charge in [0.1, 0.15) is 17.6 Å². The van der Waals surface area contributed by atoms with Crippen LogP contribution in [-0.4, -0.2) is 25.7 Å². The average molecular weight is 239 g/mol. The van der Waals surface area contributed by atoms with E-state index in [1.807, 2.05) is 0 Å². The topological polar surface area (TPSA) is 47.6 Å². The van der Waals surface area contributed by atoms with Gasteiger partial charge in [-0.15, -0.1) is 0 Å². The lowest BCUT2D eigenvalue weighted by molar-refractivity contribution is -0.143. The molecule has 0 saturated carbocycles. The van der Waals surface area contributed by atoms with E-state index in [2.05, 4.69) is 5.32 Å². The van der Waals surface area contributed by atoms with Gasteiger partial charge in [0.25, 0.3) is 0 Å². The molecule has 2 rings (SSSR count). The molecule has 1 aliphatic heterocycles. The predicted octanol–water partition coefficient (Wildman–Crippen LogP) is 1.73. The monoisotopic (exact) mass is 239 g/mol. The quantitative estimate of drug-likeness (QED) is 0.816. The number of fused-ring (bicyclic) bond motifs is 1. The van der Waals surface area contributed by atoms with E-state index in [-0.39, 0.29) is 11.8 Å². The van der Waals surface area contributed by atoms with Crippen LogP contribution in [0.15, 0.2) is 12.1 Å². The van der Waals surface area contributed by atoms with Gasteiger partial charge >= 0.3 is 5.97 Å². The van der Waals surface area contributed by atoms with Crippen LogP contribution >= 0.6 is 0 Å². The maximum absolute atomic E-state index is 13.6. The van der Waals surface area contributed by atoms with Crippen molar-refractivity contribution in [3.8, 4) is 5.75 Å². The summed E-state index contributed by atoms with van der Waals surface area (Å²) in [5.74, 6) is -0.168. The molecular formula is C12H14FNO3. The molecule has 0 radical (unpaired) electrons. The maximum atomic E-state index is 13.6. The number of carbonyl (C=O) groups is 1. The van der Waals surface area contributed by atoms with Crippen LogP contribution < -0.4 is 10.1 Å². The van der Waals surface area contributed by atoms with E-state index in [9.17, 15) is 9.18 Å². The first-order valence-electron chi connectivity index (χ1n) is 5.46. The van der Waals surface area contributed by atoms with Gasteiger partial charge in [0, 0.05) is 12.0 Å². The molecule has 1 aliphatic rings. The molecule has 0 amide bonds. The number of hydrogen-bond donors (Lipinski definition) is 1. The van der Waals surface area contributed by atoms with Crippen LogP contribution in [0.1, 0.15) is 12.5 Å². The van der Waals surface area contributed by atoms with Gasteiger partial charge in [-0.2, -0.15) is 0 Å². The first-order chi connectivity index (χ1) is 8.17. The van der Waals surface area contributed by atoms with Gasteiger partial charge in [-0.25, -0.2) is 9.18 Å². The molecule has 0 bridgehead atoms. The van der Waals surface area contributed by atoms with Gasteiger partial charge in [-0.3, -0.25) is 0 Å². The van der Waals surface area contributed by atoms with Crippen LogP contribution in [0.2, 0.25) is 0 Å². The molecule has 1 aromatic rings. The van der Waals surface area contributed by atoms with Crippen LogP contribution in [0.4, 0.5) is 10.1 Å². The average Bonchev–Trinajstić information content (AvgIpc) is 2.76. The number of rotatable bonds is 3. The van der Waals surface area contributed by atoms with E-state index in [4.69, 9.17) is 9.47 Å². The molecule has 1 aromatic carbocycles. The SMILES string of the molecule is CCOC(=O)C1Cc2c(OC)ccc(F)c2N1. The Morgan fingerprint density at radius 3 is 3.00 bits per heavy atom. The van der Waals surface area contributed by atoms with Crippen LogP contribution in [0.25, 0.3) is 0 Å². The smallest absolute Gasteiger partial charge is 0.328 e. The molecule has 4 nitrogen and oxygen atoms in total. The molecule has 92 valence electrons. The molecule has 0 fully saturated rings. The number of ether oxygens (including phenoxy) is 2. The molecule has 0 aromatic heterocycles. The zero-order valence-electron chi connectivity index (χ0n) is 9.75. The largest absolute Gasteiger partial charge is 0.496 e. The Morgan fingerprint density at radius 1 is 1.59 bits per heavy atom. The van der Waals surface area contributed by atoms with Gasteiger partial charge in [0.15, 0.2) is 0 Å². The van der Waals surface area contributed by atoms with E-state index < -0.39 is 6.04 Å². The fourth-order valence-electron chi connectivity index (χ4n) is 1.96. The third kappa shape index (κ3) is 2.05. The highest BCUT2D eigenvalue weighted by Crippen LogP contribution is 2.36. The number of benzene rings is 1. The molecule has 0 aliphatic carbocycles. The number of hydrogen-bond acceptors (Lipinski definition) is 4. The number of carbonyl (C=O) groups excluding carboxylic acids is 1. The molecule has 0 spiro atoms. The predicted molar refractivity (Wildman–Crippen MR) is 60.7 cm³/mol. The summed E-state index contributed by atoms with van der Waals surface area (Å²) >= 11 is 0. The van der Waals surface area contributed by atoms with E-state index in [0.717, 1.165) is 0 Å². The summed E-state index contributed by atoms with van der Waals surface area (Å²) in [6.07, 6.45) is 0.384. The summed E-state index contributed by atoms with van der Waals surface area (Å²) in [6, 6.07) is 2.34. The van der Waals surface area contributed by atoms with Crippen molar-refractivity contribution < 1.29 is 18.7 Å². The highest BCUT2D eigenvalue weighted by atomic mass is 19.1. The van der Waals surface area contributed by atoms with Crippen molar-refractivity contribution in [3.05, 3.63) is 23.5 Å². The minimum atomic E-state index is -0.532. The summed E-state index contributed by atoms with van der Waals surface area (Å²) in [5.41, 5.74) is 1.02. The third-order valence-corrected chi connectivity index (χ3v) is 2.74. The van der Waals surface area contributed by atoms with Gasteiger partial charge < -0.3 is 14.8 Å². The lowest BCUT2D eigenvalue weighted by Crippen LogP contribution is -2.29. The highest BCUT2D eigenvalue weighted by molar-refractivity contribution is 5.83. The van der Waals surface area contributed by atoms with Crippen molar-refractivity contribution >= 4 is 11.7 Å². The molecule has 5 heteroatoms. The van der Waals surface area contributed by atoms with E-state index in [0.29, 0.717) is 30.0 Å². The lowest BCUT2D eigenvalue weighted by atomic mass is 10.1. The zero-order chi connectivity index (χ0) is 12.4. The Kier molecular flexibility index (Phi) is 3.17. The number of halogens is 1. The van der Waals surface area contributed by atoms with Crippen LogP contribution in [0.3, 0.4) is 0 Å². The number of esters is 1. The molecule has 0 saturated heterocycles. The second-order valence-corrected chi connectivity index (χ2v) is 3.76. The fraction of sp³-hybridized carbons (Fsp3) is 0.417. The van der Waals surface area contributed by atoms with Crippen molar-refractivity contribution in [1.29, 1.82) is 0 Å².